The molecule has 2 heterocycles. The molecule has 0 amide bonds. The maximum Gasteiger partial charge on any atom is 0.137 e. The summed E-state index contributed by atoms with van der Waals surface area (Å²) in [6.07, 6.45) is 3.83. The lowest BCUT2D eigenvalue weighted by molar-refractivity contribution is 0.330. The molecule has 0 radical (unpaired) electrons. The van der Waals surface area contributed by atoms with Crippen LogP contribution in [0, 0.1) is 0 Å². The fraction of sp³-hybridized carbons (Fsp3) is 0.0952. The van der Waals surface area contributed by atoms with E-state index in [1.807, 2.05) is 60.9 Å². The number of para-hydroxylation sites is 1. The van der Waals surface area contributed by atoms with Gasteiger partial charge >= 0.3 is 0 Å². The first-order chi connectivity index (χ1) is 12.8. The van der Waals surface area contributed by atoms with Gasteiger partial charge in [-0.25, -0.2) is 4.98 Å². The molecule has 0 aliphatic rings. The van der Waals surface area contributed by atoms with E-state index >= 15 is 0 Å². The van der Waals surface area contributed by atoms with Crippen molar-refractivity contribution in [2.75, 3.05) is 13.8 Å². The van der Waals surface area contributed by atoms with Crippen LogP contribution in [0.2, 0.25) is 0 Å². The number of nitrogens with two attached hydrogens (primary N) is 1. The summed E-state index contributed by atoms with van der Waals surface area (Å²) in [5.74, 6) is 1.59. The molecule has 0 atom stereocenters. The van der Waals surface area contributed by atoms with Crippen molar-refractivity contribution in [1.29, 1.82) is 0 Å². The van der Waals surface area contributed by atoms with E-state index in [0.717, 1.165) is 44.8 Å². The topological polar surface area (TPSA) is 73.2 Å². The molecule has 130 valence electrons. The van der Waals surface area contributed by atoms with Gasteiger partial charge in [-0.2, -0.15) is 0 Å². The van der Waals surface area contributed by atoms with Gasteiger partial charge in [0, 0.05) is 34.5 Å². The largest absolute Gasteiger partial charge is 0.496 e. The van der Waals surface area contributed by atoms with E-state index in [1.54, 1.807) is 7.11 Å². The number of methoxy groups -OCH3 is 1. The maximum absolute atomic E-state index is 5.51. The SMILES string of the molecule is COc1ccccc1-c1c[nH]c2ncc(-c3ccc(OCN)cc3)cc12. The number of fused-ring (bicyclic) bond motifs is 1. The molecule has 3 N–H and O–H groups in total. The molecule has 4 aromatic rings. The fourth-order valence-electron chi connectivity index (χ4n) is 3.09. The summed E-state index contributed by atoms with van der Waals surface area (Å²) < 4.78 is 10.8. The minimum Gasteiger partial charge on any atom is -0.496 e. The highest BCUT2D eigenvalue weighted by Gasteiger charge is 2.12. The molecule has 0 spiro atoms. The Bertz CT molecular complexity index is 1040. The second-order valence-electron chi connectivity index (χ2n) is 5.86. The first-order valence-electron chi connectivity index (χ1n) is 8.34. The summed E-state index contributed by atoms with van der Waals surface area (Å²) >= 11 is 0. The highest BCUT2D eigenvalue weighted by Crippen LogP contribution is 2.36. The van der Waals surface area contributed by atoms with Gasteiger partial charge in [0.05, 0.1) is 7.11 Å². The number of nitrogens with zero attached hydrogens (tertiary/aromatic N) is 1. The molecular weight excluding hydrogens is 326 g/mol. The van der Waals surface area contributed by atoms with Crippen LogP contribution in [-0.4, -0.2) is 23.8 Å². The highest BCUT2D eigenvalue weighted by atomic mass is 16.5. The zero-order chi connectivity index (χ0) is 17.9. The Labute approximate surface area is 151 Å². The number of pyridine rings is 1. The van der Waals surface area contributed by atoms with Crippen molar-refractivity contribution >= 4 is 11.0 Å². The van der Waals surface area contributed by atoms with Crippen molar-refractivity contribution in [2.24, 2.45) is 5.73 Å². The Morgan fingerprint density at radius 3 is 2.58 bits per heavy atom. The first kappa shape index (κ1) is 16.2. The molecule has 0 aliphatic heterocycles. The van der Waals surface area contributed by atoms with Crippen LogP contribution in [0.3, 0.4) is 0 Å². The Morgan fingerprint density at radius 1 is 1.00 bits per heavy atom. The molecule has 0 saturated carbocycles. The third-order valence-electron chi connectivity index (χ3n) is 4.37. The van der Waals surface area contributed by atoms with Crippen LogP contribution in [0.4, 0.5) is 0 Å². The lowest BCUT2D eigenvalue weighted by atomic mass is 10.0. The predicted molar refractivity (Wildman–Crippen MR) is 103 cm³/mol. The average Bonchev–Trinajstić information content (AvgIpc) is 3.12. The van der Waals surface area contributed by atoms with Gasteiger partial charge < -0.3 is 14.5 Å². The highest BCUT2D eigenvalue weighted by molar-refractivity contribution is 5.97. The Balaban J connectivity index is 1.79. The number of rotatable bonds is 5. The van der Waals surface area contributed by atoms with E-state index in [0.29, 0.717) is 0 Å². The number of ether oxygens (including phenoxy) is 2. The summed E-state index contributed by atoms with van der Waals surface area (Å²) in [4.78, 5) is 7.81. The number of hydrogen-bond donors (Lipinski definition) is 2. The molecule has 0 bridgehead atoms. The van der Waals surface area contributed by atoms with Crippen LogP contribution < -0.4 is 15.2 Å². The predicted octanol–water partition coefficient (Wildman–Crippen LogP) is 4.20. The number of benzene rings is 2. The van der Waals surface area contributed by atoms with Crippen LogP contribution in [-0.2, 0) is 0 Å². The van der Waals surface area contributed by atoms with Crippen LogP contribution in [0.15, 0.2) is 67.0 Å². The van der Waals surface area contributed by atoms with Crippen molar-refractivity contribution < 1.29 is 9.47 Å². The number of hydrogen-bond acceptors (Lipinski definition) is 4. The molecule has 26 heavy (non-hydrogen) atoms. The Morgan fingerprint density at radius 2 is 1.81 bits per heavy atom. The molecule has 5 heteroatoms. The van der Waals surface area contributed by atoms with Gasteiger partial charge in [-0.15, -0.1) is 0 Å². The van der Waals surface area contributed by atoms with Crippen molar-refractivity contribution in [3.05, 3.63) is 67.0 Å². The van der Waals surface area contributed by atoms with E-state index in [-0.39, 0.29) is 6.73 Å². The smallest absolute Gasteiger partial charge is 0.137 e. The molecule has 2 aromatic carbocycles. The average molecular weight is 345 g/mol. The van der Waals surface area contributed by atoms with E-state index in [4.69, 9.17) is 15.2 Å². The van der Waals surface area contributed by atoms with Crippen molar-refractivity contribution in [3.63, 3.8) is 0 Å². The molecule has 0 fully saturated rings. The van der Waals surface area contributed by atoms with Gasteiger partial charge in [0.15, 0.2) is 0 Å². The van der Waals surface area contributed by atoms with Gasteiger partial charge in [-0.3, -0.25) is 5.73 Å². The zero-order valence-corrected chi connectivity index (χ0v) is 14.4. The van der Waals surface area contributed by atoms with Crippen molar-refractivity contribution in [1.82, 2.24) is 9.97 Å². The summed E-state index contributed by atoms with van der Waals surface area (Å²) in [5.41, 5.74) is 10.5. The third kappa shape index (κ3) is 2.89. The lowest BCUT2D eigenvalue weighted by Crippen LogP contribution is -2.06. The standard InChI is InChI=1S/C21H19N3O2/c1-25-20-5-3-2-4-17(20)19-12-24-21-18(19)10-15(11-23-21)14-6-8-16(9-7-14)26-13-22/h2-12H,13,22H2,1H3,(H,23,24). The summed E-state index contributed by atoms with van der Waals surface area (Å²) in [6.45, 7) is 0.165. The number of nitrogens with one attached hydrogen (secondary N) is 1. The number of aromatic nitrogens is 2. The molecule has 4 rings (SSSR count). The monoisotopic (exact) mass is 345 g/mol. The van der Waals surface area contributed by atoms with E-state index in [1.165, 1.54) is 0 Å². The number of aromatic amines is 1. The van der Waals surface area contributed by atoms with E-state index < -0.39 is 0 Å². The Hall–Kier alpha value is -3.31. The Kier molecular flexibility index (Phi) is 4.29. The third-order valence-corrected chi connectivity index (χ3v) is 4.37. The molecule has 2 aromatic heterocycles. The summed E-state index contributed by atoms with van der Waals surface area (Å²) in [5, 5.41) is 1.05. The molecule has 0 aliphatic carbocycles. The maximum atomic E-state index is 5.51. The first-order valence-corrected chi connectivity index (χ1v) is 8.34. The normalized spacial score (nSPS) is 10.8. The van der Waals surface area contributed by atoms with Crippen molar-refractivity contribution in [3.8, 4) is 33.8 Å². The van der Waals surface area contributed by atoms with Gasteiger partial charge in [0.25, 0.3) is 0 Å². The summed E-state index contributed by atoms with van der Waals surface area (Å²) in [7, 11) is 1.68. The minimum absolute atomic E-state index is 0.165. The van der Waals surface area contributed by atoms with Crippen LogP contribution in [0.25, 0.3) is 33.3 Å². The van der Waals surface area contributed by atoms with E-state index in [9.17, 15) is 0 Å². The second-order valence-corrected chi connectivity index (χ2v) is 5.86. The fourth-order valence-corrected chi connectivity index (χ4v) is 3.09. The molecule has 0 unspecified atom stereocenters. The van der Waals surface area contributed by atoms with Gasteiger partial charge in [0.2, 0.25) is 0 Å². The van der Waals surface area contributed by atoms with Crippen LogP contribution >= 0.6 is 0 Å². The van der Waals surface area contributed by atoms with E-state index in [2.05, 4.69) is 16.0 Å². The van der Waals surface area contributed by atoms with Crippen LogP contribution in [0.5, 0.6) is 11.5 Å². The lowest BCUT2D eigenvalue weighted by Gasteiger charge is -2.08. The molecule has 0 saturated heterocycles. The number of H-pyrrole nitrogens is 1. The molecule has 5 nitrogen and oxygen atoms in total. The quantitative estimate of drug-likeness (QED) is 0.532. The van der Waals surface area contributed by atoms with Gasteiger partial charge in [-0.05, 0) is 29.8 Å². The molecular formula is C21H19N3O2. The zero-order valence-electron chi connectivity index (χ0n) is 14.4. The van der Waals surface area contributed by atoms with Gasteiger partial charge in [-0.1, -0.05) is 30.3 Å². The van der Waals surface area contributed by atoms with Gasteiger partial charge in [0.1, 0.15) is 23.9 Å². The van der Waals surface area contributed by atoms with Crippen molar-refractivity contribution in [2.45, 2.75) is 0 Å². The minimum atomic E-state index is 0.165. The van der Waals surface area contributed by atoms with Crippen LogP contribution in [0.1, 0.15) is 0 Å². The summed E-state index contributed by atoms with van der Waals surface area (Å²) in [6, 6.07) is 17.9. The second kappa shape index (κ2) is 6.90.